The zero-order valence-corrected chi connectivity index (χ0v) is 11.9. The molecule has 0 bridgehead atoms. The molecular formula is C13H23N3S. The summed E-state index contributed by atoms with van der Waals surface area (Å²) in [6, 6.07) is 4.20. The summed E-state index contributed by atoms with van der Waals surface area (Å²) in [5, 5.41) is 3.39. The van der Waals surface area contributed by atoms with Crippen LogP contribution < -0.4 is 10.2 Å². The van der Waals surface area contributed by atoms with Crippen molar-refractivity contribution in [2.45, 2.75) is 20.3 Å². The van der Waals surface area contributed by atoms with Crippen molar-refractivity contribution in [2.75, 3.05) is 41.9 Å². The van der Waals surface area contributed by atoms with Crippen molar-refractivity contribution in [1.82, 2.24) is 4.98 Å². The van der Waals surface area contributed by atoms with E-state index in [2.05, 4.69) is 47.4 Å². The first-order chi connectivity index (χ1) is 8.31. The van der Waals surface area contributed by atoms with Crippen molar-refractivity contribution in [3.8, 4) is 0 Å². The highest BCUT2D eigenvalue weighted by Gasteiger charge is 2.02. The maximum atomic E-state index is 4.48. The van der Waals surface area contributed by atoms with Crippen LogP contribution in [-0.4, -0.2) is 36.6 Å². The molecule has 3 nitrogen and oxygen atoms in total. The second-order valence-corrected chi connectivity index (χ2v) is 4.84. The minimum atomic E-state index is 1.00. The molecule has 0 aliphatic heterocycles. The lowest BCUT2D eigenvalue weighted by Crippen LogP contribution is -2.22. The van der Waals surface area contributed by atoms with Gasteiger partial charge < -0.3 is 10.2 Å². The number of hydrogen-bond donors (Lipinski definition) is 1. The molecule has 0 aliphatic carbocycles. The normalized spacial score (nSPS) is 10.3. The Morgan fingerprint density at radius 3 is 2.59 bits per heavy atom. The molecule has 1 rings (SSSR count). The van der Waals surface area contributed by atoms with E-state index in [9.17, 15) is 0 Å². The van der Waals surface area contributed by atoms with Crippen molar-refractivity contribution in [1.29, 1.82) is 0 Å². The Bertz CT molecular complexity index is 296. The Morgan fingerprint density at radius 1 is 1.29 bits per heavy atom. The van der Waals surface area contributed by atoms with Crippen LogP contribution in [0.3, 0.4) is 0 Å². The van der Waals surface area contributed by atoms with Crippen LogP contribution in [0.25, 0.3) is 0 Å². The first-order valence-corrected chi connectivity index (χ1v) is 7.65. The summed E-state index contributed by atoms with van der Waals surface area (Å²) in [7, 11) is 0. The molecule has 0 spiro atoms. The van der Waals surface area contributed by atoms with Crippen molar-refractivity contribution >= 4 is 23.3 Å². The fourth-order valence-electron chi connectivity index (χ4n) is 1.67. The summed E-state index contributed by atoms with van der Waals surface area (Å²) in [6.07, 6.45) is 5.26. The maximum Gasteiger partial charge on any atom is 0.128 e. The number of nitrogens with one attached hydrogen (secondary N) is 1. The van der Waals surface area contributed by atoms with Crippen LogP contribution >= 0.6 is 11.8 Å². The molecule has 1 aromatic heterocycles. The number of rotatable bonds is 8. The first kappa shape index (κ1) is 14.2. The van der Waals surface area contributed by atoms with E-state index >= 15 is 0 Å². The predicted molar refractivity (Wildman–Crippen MR) is 79.3 cm³/mol. The zero-order valence-electron chi connectivity index (χ0n) is 11.1. The molecule has 17 heavy (non-hydrogen) atoms. The van der Waals surface area contributed by atoms with E-state index in [4.69, 9.17) is 0 Å². The number of aromatic nitrogens is 1. The third-order valence-corrected chi connectivity index (χ3v) is 3.39. The van der Waals surface area contributed by atoms with Gasteiger partial charge >= 0.3 is 0 Å². The number of anilines is 2. The summed E-state index contributed by atoms with van der Waals surface area (Å²) in [5.41, 5.74) is 1.11. The summed E-state index contributed by atoms with van der Waals surface area (Å²) < 4.78 is 0. The van der Waals surface area contributed by atoms with Crippen molar-refractivity contribution in [2.24, 2.45) is 0 Å². The maximum absolute atomic E-state index is 4.48. The van der Waals surface area contributed by atoms with Gasteiger partial charge in [-0.15, -0.1) is 0 Å². The van der Waals surface area contributed by atoms with Gasteiger partial charge in [0.05, 0.1) is 11.9 Å². The SMILES string of the molecule is CCN(CC)c1ccc(NCCCSC)cn1. The molecule has 0 saturated heterocycles. The quantitative estimate of drug-likeness (QED) is 0.721. The lowest BCUT2D eigenvalue weighted by atomic mass is 10.3. The number of nitrogens with zero attached hydrogens (tertiary/aromatic N) is 2. The standard InChI is InChI=1S/C13H23N3S/c1-4-16(5-2)13-8-7-12(11-15-13)14-9-6-10-17-3/h7-8,11,14H,4-6,9-10H2,1-3H3. The Balaban J connectivity index is 2.44. The zero-order chi connectivity index (χ0) is 12.5. The Labute approximate surface area is 109 Å². The van der Waals surface area contributed by atoms with E-state index in [0.29, 0.717) is 0 Å². The Hall–Kier alpha value is -0.900. The summed E-state index contributed by atoms with van der Waals surface area (Å²) in [5.74, 6) is 2.27. The minimum absolute atomic E-state index is 1.00. The highest BCUT2D eigenvalue weighted by molar-refractivity contribution is 7.98. The largest absolute Gasteiger partial charge is 0.384 e. The van der Waals surface area contributed by atoms with Crippen LogP contribution in [0.2, 0.25) is 0 Å². The van der Waals surface area contributed by atoms with Crippen LogP contribution in [-0.2, 0) is 0 Å². The smallest absolute Gasteiger partial charge is 0.128 e. The third kappa shape index (κ3) is 4.86. The molecule has 4 heteroatoms. The fraction of sp³-hybridized carbons (Fsp3) is 0.615. The molecule has 1 N–H and O–H groups in total. The fourth-order valence-corrected chi connectivity index (χ4v) is 2.11. The molecular weight excluding hydrogens is 230 g/mol. The van der Waals surface area contributed by atoms with Gasteiger partial charge in [-0.25, -0.2) is 4.98 Å². The van der Waals surface area contributed by atoms with Gasteiger partial charge in [0.25, 0.3) is 0 Å². The number of hydrogen-bond acceptors (Lipinski definition) is 4. The number of pyridine rings is 1. The van der Waals surface area contributed by atoms with Crippen LogP contribution in [0.15, 0.2) is 18.3 Å². The van der Waals surface area contributed by atoms with Gasteiger partial charge in [-0.05, 0) is 44.4 Å². The molecule has 1 heterocycles. The van der Waals surface area contributed by atoms with Crippen LogP contribution in [0.4, 0.5) is 11.5 Å². The van der Waals surface area contributed by atoms with Crippen molar-refractivity contribution in [3.05, 3.63) is 18.3 Å². The van der Waals surface area contributed by atoms with E-state index in [1.807, 2.05) is 18.0 Å². The second kappa shape index (κ2) is 8.23. The molecule has 0 unspecified atom stereocenters. The summed E-state index contributed by atoms with van der Waals surface area (Å²) >= 11 is 1.89. The van der Waals surface area contributed by atoms with Gasteiger partial charge in [0, 0.05) is 19.6 Å². The number of thioether (sulfide) groups is 1. The van der Waals surface area contributed by atoms with Gasteiger partial charge in [0.1, 0.15) is 5.82 Å². The van der Waals surface area contributed by atoms with Crippen molar-refractivity contribution in [3.63, 3.8) is 0 Å². The molecule has 0 aromatic carbocycles. The van der Waals surface area contributed by atoms with Crippen LogP contribution in [0, 0.1) is 0 Å². The molecule has 1 aromatic rings. The lowest BCUT2D eigenvalue weighted by molar-refractivity contribution is 0.846. The van der Waals surface area contributed by atoms with Crippen LogP contribution in [0.5, 0.6) is 0 Å². The highest BCUT2D eigenvalue weighted by Crippen LogP contribution is 2.13. The van der Waals surface area contributed by atoms with E-state index in [-0.39, 0.29) is 0 Å². The van der Waals surface area contributed by atoms with Gasteiger partial charge in [-0.1, -0.05) is 0 Å². The third-order valence-electron chi connectivity index (χ3n) is 2.69. The minimum Gasteiger partial charge on any atom is -0.384 e. The monoisotopic (exact) mass is 253 g/mol. The van der Waals surface area contributed by atoms with E-state index in [1.165, 1.54) is 12.2 Å². The molecule has 0 aliphatic rings. The summed E-state index contributed by atoms with van der Waals surface area (Å²) in [6.45, 7) is 7.33. The van der Waals surface area contributed by atoms with Gasteiger partial charge in [-0.3, -0.25) is 0 Å². The van der Waals surface area contributed by atoms with E-state index < -0.39 is 0 Å². The average Bonchev–Trinajstić information content (AvgIpc) is 2.38. The van der Waals surface area contributed by atoms with Crippen molar-refractivity contribution < 1.29 is 0 Å². The molecule has 0 radical (unpaired) electrons. The highest BCUT2D eigenvalue weighted by atomic mass is 32.2. The predicted octanol–water partition coefficient (Wildman–Crippen LogP) is 3.09. The van der Waals surface area contributed by atoms with E-state index in [0.717, 1.165) is 31.1 Å². The van der Waals surface area contributed by atoms with E-state index in [1.54, 1.807) is 0 Å². The molecule has 96 valence electrons. The Kier molecular flexibility index (Phi) is 6.86. The van der Waals surface area contributed by atoms with Gasteiger partial charge in [0.15, 0.2) is 0 Å². The topological polar surface area (TPSA) is 28.2 Å². The molecule has 0 fully saturated rings. The average molecular weight is 253 g/mol. The first-order valence-electron chi connectivity index (χ1n) is 6.25. The van der Waals surface area contributed by atoms with Gasteiger partial charge in [0.2, 0.25) is 0 Å². The lowest BCUT2D eigenvalue weighted by Gasteiger charge is -2.19. The molecule has 0 saturated carbocycles. The Morgan fingerprint density at radius 2 is 2.06 bits per heavy atom. The van der Waals surface area contributed by atoms with Gasteiger partial charge in [-0.2, -0.15) is 11.8 Å². The van der Waals surface area contributed by atoms with Crippen LogP contribution in [0.1, 0.15) is 20.3 Å². The second-order valence-electron chi connectivity index (χ2n) is 3.85. The molecule has 0 atom stereocenters. The summed E-state index contributed by atoms with van der Waals surface area (Å²) in [4.78, 5) is 6.73. The molecule has 0 amide bonds.